The Kier molecular flexibility index (Phi) is 4.57. The molecule has 1 unspecified atom stereocenters. The molecule has 0 radical (unpaired) electrons. The van der Waals surface area contributed by atoms with Gasteiger partial charge in [0.2, 0.25) is 0 Å². The Morgan fingerprint density at radius 3 is 2.76 bits per heavy atom. The summed E-state index contributed by atoms with van der Waals surface area (Å²) < 4.78 is 11.9. The lowest BCUT2D eigenvalue weighted by Crippen LogP contribution is -2.25. The maximum absolute atomic E-state index is 6.09. The van der Waals surface area contributed by atoms with Gasteiger partial charge in [0.1, 0.15) is 12.4 Å². The van der Waals surface area contributed by atoms with E-state index in [2.05, 4.69) is 42.5 Å². The second-order valence-corrected chi connectivity index (χ2v) is 6.62. The van der Waals surface area contributed by atoms with Crippen LogP contribution in [-0.4, -0.2) is 19.3 Å². The Labute approximate surface area is 148 Å². The highest BCUT2D eigenvalue weighted by atomic mass is 16.5. The third-order valence-electron chi connectivity index (χ3n) is 4.74. The molecule has 3 aromatic rings. The van der Waals surface area contributed by atoms with Gasteiger partial charge in [0.25, 0.3) is 0 Å². The lowest BCUT2D eigenvalue weighted by molar-refractivity contribution is -0.0110. The first-order valence-corrected chi connectivity index (χ1v) is 8.93. The van der Waals surface area contributed by atoms with Gasteiger partial charge >= 0.3 is 0 Å². The number of nitrogen functional groups attached to an aromatic ring is 1. The second kappa shape index (κ2) is 7.16. The molecule has 3 aromatic carbocycles. The van der Waals surface area contributed by atoms with Gasteiger partial charge in [-0.3, -0.25) is 0 Å². The zero-order valence-electron chi connectivity index (χ0n) is 14.3. The molecule has 0 amide bonds. The normalized spacial score (nSPS) is 17.5. The number of hydrogen-bond acceptors (Lipinski definition) is 3. The van der Waals surface area contributed by atoms with Crippen LogP contribution in [-0.2, 0) is 4.74 Å². The highest BCUT2D eigenvalue weighted by molar-refractivity contribution is 5.98. The molecule has 1 atom stereocenters. The van der Waals surface area contributed by atoms with Crippen LogP contribution in [0.1, 0.15) is 19.3 Å². The van der Waals surface area contributed by atoms with Crippen LogP contribution in [0.25, 0.3) is 21.9 Å². The minimum Gasteiger partial charge on any atom is -0.491 e. The van der Waals surface area contributed by atoms with Crippen molar-refractivity contribution in [1.29, 1.82) is 0 Å². The molecular formula is C22H23NO2. The van der Waals surface area contributed by atoms with Gasteiger partial charge < -0.3 is 15.2 Å². The molecule has 0 aromatic heterocycles. The summed E-state index contributed by atoms with van der Waals surface area (Å²) in [6, 6.07) is 20.6. The molecule has 128 valence electrons. The molecule has 0 saturated carbocycles. The van der Waals surface area contributed by atoms with Crippen molar-refractivity contribution in [3.63, 3.8) is 0 Å². The topological polar surface area (TPSA) is 44.5 Å². The molecule has 1 fully saturated rings. The van der Waals surface area contributed by atoms with Crippen molar-refractivity contribution in [3.8, 4) is 16.9 Å². The second-order valence-electron chi connectivity index (χ2n) is 6.62. The molecule has 3 heteroatoms. The van der Waals surface area contributed by atoms with Gasteiger partial charge in [-0.2, -0.15) is 0 Å². The van der Waals surface area contributed by atoms with Crippen LogP contribution >= 0.6 is 0 Å². The van der Waals surface area contributed by atoms with Crippen LogP contribution in [0.2, 0.25) is 0 Å². The molecule has 0 spiro atoms. The highest BCUT2D eigenvalue weighted by Gasteiger charge is 2.15. The van der Waals surface area contributed by atoms with Crippen molar-refractivity contribution >= 4 is 16.5 Å². The lowest BCUT2D eigenvalue weighted by atomic mass is 9.97. The van der Waals surface area contributed by atoms with Crippen molar-refractivity contribution in [3.05, 3.63) is 60.7 Å². The average molecular weight is 333 g/mol. The fourth-order valence-electron chi connectivity index (χ4n) is 3.44. The van der Waals surface area contributed by atoms with Crippen LogP contribution in [0.15, 0.2) is 60.7 Å². The summed E-state index contributed by atoms with van der Waals surface area (Å²) in [6.07, 6.45) is 3.66. The van der Waals surface area contributed by atoms with Gasteiger partial charge in [0.15, 0.2) is 0 Å². The molecule has 3 nitrogen and oxygen atoms in total. The first-order valence-electron chi connectivity index (χ1n) is 8.93. The number of benzene rings is 3. The Morgan fingerprint density at radius 2 is 1.92 bits per heavy atom. The number of ether oxygens (including phenoxy) is 2. The molecule has 25 heavy (non-hydrogen) atoms. The first-order chi connectivity index (χ1) is 12.3. The van der Waals surface area contributed by atoms with Gasteiger partial charge in [-0.15, -0.1) is 0 Å². The predicted octanol–water partition coefficient (Wildman–Crippen LogP) is 5.04. The van der Waals surface area contributed by atoms with E-state index >= 15 is 0 Å². The lowest BCUT2D eigenvalue weighted by Gasteiger charge is -2.23. The quantitative estimate of drug-likeness (QED) is 0.681. The van der Waals surface area contributed by atoms with Crippen molar-refractivity contribution in [2.45, 2.75) is 25.4 Å². The first kappa shape index (κ1) is 16.0. The van der Waals surface area contributed by atoms with Crippen molar-refractivity contribution in [2.75, 3.05) is 18.9 Å². The molecule has 4 rings (SSSR count). The van der Waals surface area contributed by atoms with Crippen LogP contribution < -0.4 is 10.5 Å². The van der Waals surface area contributed by atoms with E-state index in [1.54, 1.807) is 0 Å². The number of rotatable bonds is 4. The van der Waals surface area contributed by atoms with Crippen LogP contribution in [0.3, 0.4) is 0 Å². The van der Waals surface area contributed by atoms with Crippen molar-refractivity contribution in [1.82, 2.24) is 0 Å². The zero-order valence-corrected chi connectivity index (χ0v) is 14.3. The predicted molar refractivity (Wildman–Crippen MR) is 103 cm³/mol. The molecule has 1 saturated heterocycles. The Bertz CT molecular complexity index is 869. The molecule has 0 aliphatic carbocycles. The number of anilines is 1. The molecule has 1 aliphatic heterocycles. The summed E-state index contributed by atoms with van der Waals surface area (Å²) in [5.41, 5.74) is 9.00. The number of fused-ring (bicyclic) bond motifs is 1. The van der Waals surface area contributed by atoms with Crippen LogP contribution in [0, 0.1) is 0 Å². The maximum Gasteiger partial charge on any atom is 0.120 e. The van der Waals surface area contributed by atoms with E-state index in [-0.39, 0.29) is 6.10 Å². The van der Waals surface area contributed by atoms with E-state index < -0.39 is 0 Å². The average Bonchev–Trinajstić information content (AvgIpc) is 2.66. The van der Waals surface area contributed by atoms with E-state index in [1.165, 1.54) is 17.2 Å². The van der Waals surface area contributed by atoms with Gasteiger partial charge in [0.05, 0.1) is 6.10 Å². The summed E-state index contributed by atoms with van der Waals surface area (Å²) in [5.74, 6) is 0.880. The van der Waals surface area contributed by atoms with Gasteiger partial charge in [-0.05, 0) is 65.4 Å². The third kappa shape index (κ3) is 3.62. The monoisotopic (exact) mass is 333 g/mol. The third-order valence-corrected chi connectivity index (χ3v) is 4.74. The molecular weight excluding hydrogens is 310 g/mol. The number of hydrogen-bond donors (Lipinski definition) is 1. The van der Waals surface area contributed by atoms with E-state index in [4.69, 9.17) is 15.2 Å². The Morgan fingerprint density at radius 1 is 1.00 bits per heavy atom. The standard InChI is InChI=1S/C22H23NO2/c23-18-8-5-7-16(12-18)22-14-20(13-17-6-1-2-10-21(17)22)25-15-19-9-3-4-11-24-19/h1-2,5-8,10,12-14,19H,3-4,9,11,15,23H2. The van der Waals surface area contributed by atoms with E-state index in [0.29, 0.717) is 6.61 Å². The minimum atomic E-state index is 0.205. The maximum atomic E-state index is 6.09. The smallest absolute Gasteiger partial charge is 0.120 e. The SMILES string of the molecule is Nc1cccc(-c2cc(OCC3CCCCO3)cc3ccccc23)c1. The summed E-state index contributed by atoms with van der Waals surface area (Å²) in [7, 11) is 0. The molecule has 1 heterocycles. The molecule has 2 N–H and O–H groups in total. The van der Waals surface area contributed by atoms with Gasteiger partial charge in [-0.25, -0.2) is 0 Å². The highest BCUT2D eigenvalue weighted by Crippen LogP contribution is 2.34. The Hall–Kier alpha value is -2.52. The van der Waals surface area contributed by atoms with Gasteiger partial charge in [-0.1, -0.05) is 36.4 Å². The zero-order chi connectivity index (χ0) is 17.1. The van der Waals surface area contributed by atoms with Crippen LogP contribution in [0.5, 0.6) is 5.75 Å². The fourth-order valence-corrected chi connectivity index (χ4v) is 3.44. The van der Waals surface area contributed by atoms with E-state index in [1.807, 2.05) is 18.2 Å². The van der Waals surface area contributed by atoms with Crippen molar-refractivity contribution in [2.24, 2.45) is 0 Å². The van der Waals surface area contributed by atoms with Crippen molar-refractivity contribution < 1.29 is 9.47 Å². The summed E-state index contributed by atoms with van der Waals surface area (Å²) in [6.45, 7) is 1.45. The summed E-state index contributed by atoms with van der Waals surface area (Å²) in [5, 5.41) is 2.37. The minimum absolute atomic E-state index is 0.205. The number of nitrogens with two attached hydrogens (primary N) is 1. The molecule has 0 bridgehead atoms. The van der Waals surface area contributed by atoms with Crippen LogP contribution in [0.4, 0.5) is 5.69 Å². The Balaban J connectivity index is 1.68. The van der Waals surface area contributed by atoms with E-state index in [0.717, 1.165) is 42.0 Å². The summed E-state index contributed by atoms with van der Waals surface area (Å²) in [4.78, 5) is 0. The fraction of sp³-hybridized carbons (Fsp3) is 0.273. The van der Waals surface area contributed by atoms with Gasteiger partial charge in [0, 0.05) is 12.3 Å². The van der Waals surface area contributed by atoms with E-state index in [9.17, 15) is 0 Å². The largest absolute Gasteiger partial charge is 0.491 e. The summed E-state index contributed by atoms with van der Waals surface area (Å²) >= 11 is 0. The molecule has 1 aliphatic rings.